The smallest absolute Gasteiger partial charge is 0.0564 e. The maximum Gasteiger partial charge on any atom is 0.0564 e. The summed E-state index contributed by atoms with van der Waals surface area (Å²) in [6, 6.07) is 4.71. The molecule has 0 aliphatic carbocycles. The van der Waals surface area contributed by atoms with Gasteiger partial charge < -0.3 is 5.32 Å². The van der Waals surface area contributed by atoms with E-state index in [9.17, 15) is 0 Å². The summed E-state index contributed by atoms with van der Waals surface area (Å²) in [5, 5.41) is 3.31. The van der Waals surface area contributed by atoms with Gasteiger partial charge in [-0.1, -0.05) is 13.8 Å². The van der Waals surface area contributed by atoms with Crippen molar-refractivity contribution in [1.82, 2.24) is 9.88 Å². The molecule has 0 saturated heterocycles. The molecule has 1 unspecified atom stereocenters. The fraction of sp³-hybridized carbons (Fsp3) is 0.643. The minimum absolute atomic E-state index is 0.569. The Balaban J connectivity index is 2.64. The lowest BCUT2D eigenvalue weighted by atomic mass is 10.1. The highest BCUT2D eigenvalue weighted by atomic mass is 15.1. The molecule has 1 rings (SSSR count). The summed E-state index contributed by atoms with van der Waals surface area (Å²) >= 11 is 0. The summed E-state index contributed by atoms with van der Waals surface area (Å²) in [6.07, 6.45) is 1.88. The molecule has 1 N–H and O–H groups in total. The van der Waals surface area contributed by atoms with Crippen LogP contribution in [0, 0.1) is 5.92 Å². The fourth-order valence-corrected chi connectivity index (χ4v) is 1.79. The summed E-state index contributed by atoms with van der Waals surface area (Å²) in [7, 11) is 2.16. The topological polar surface area (TPSA) is 28.2 Å². The third-order valence-corrected chi connectivity index (χ3v) is 3.27. The van der Waals surface area contributed by atoms with Crippen LogP contribution in [0.5, 0.6) is 0 Å². The van der Waals surface area contributed by atoms with E-state index in [2.05, 4.69) is 56.0 Å². The SMILES string of the molecule is CCNc1ccnc(CN(C)C(C)C(C)C)c1. The Hall–Kier alpha value is -1.09. The highest BCUT2D eigenvalue weighted by molar-refractivity contribution is 5.42. The number of hydrogen-bond donors (Lipinski definition) is 1. The van der Waals surface area contributed by atoms with Gasteiger partial charge in [0.15, 0.2) is 0 Å². The molecule has 0 aliphatic rings. The average molecular weight is 235 g/mol. The molecule has 3 heteroatoms. The molecular formula is C14H25N3. The van der Waals surface area contributed by atoms with Crippen LogP contribution < -0.4 is 5.32 Å². The monoisotopic (exact) mass is 235 g/mol. The van der Waals surface area contributed by atoms with Crippen LogP contribution in [0.1, 0.15) is 33.4 Å². The molecule has 0 bridgehead atoms. The Labute approximate surface area is 105 Å². The zero-order valence-electron chi connectivity index (χ0n) is 11.7. The Kier molecular flexibility index (Phi) is 5.42. The van der Waals surface area contributed by atoms with Gasteiger partial charge in [-0.3, -0.25) is 9.88 Å². The van der Waals surface area contributed by atoms with E-state index in [1.54, 1.807) is 0 Å². The van der Waals surface area contributed by atoms with Gasteiger partial charge in [0.2, 0.25) is 0 Å². The van der Waals surface area contributed by atoms with Crippen LogP contribution in [0.25, 0.3) is 0 Å². The second-order valence-corrected chi connectivity index (χ2v) is 4.97. The Morgan fingerprint density at radius 1 is 1.35 bits per heavy atom. The van der Waals surface area contributed by atoms with Crippen molar-refractivity contribution in [3.63, 3.8) is 0 Å². The number of pyridine rings is 1. The zero-order chi connectivity index (χ0) is 12.8. The first-order chi connectivity index (χ1) is 8.04. The molecule has 0 amide bonds. The van der Waals surface area contributed by atoms with Gasteiger partial charge >= 0.3 is 0 Å². The van der Waals surface area contributed by atoms with E-state index in [1.165, 1.54) is 0 Å². The predicted octanol–water partition coefficient (Wildman–Crippen LogP) is 2.99. The van der Waals surface area contributed by atoms with E-state index in [1.807, 2.05) is 12.3 Å². The van der Waals surface area contributed by atoms with Crippen molar-refractivity contribution in [2.24, 2.45) is 5.92 Å². The largest absolute Gasteiger partial charge is 0.385 e. The molecule has 1 aromatic heterocycles. The number of rotatable bonds is 6. The third kappa shape index (κ3) is 4.35. The van der Waals surface area contributed by atoms with E-state index in [-0.39, 0.29) is 0 Å². The highest BCUT2D eigenvalue weighted by Crippen LogP contribution is 2.13. The molecular weight excluding hydrogens is 210 g/mol. The first-order valence-corrected chi connectivity index (χ1v) is 6.43. The normalized spacial score (nSPS) is 13.1. The molecule has 1 aromatic rings. The number of hydrogen-bond acceptors (Lipinski definition) is 3. The van der Waals surface area contributed by atoms with Gasteiger partial charge in [0.25, 0.3) is 0 Å². The fourth-order valence-electron chi connectivity index (χ4n) is 1.79. The van der Waals surface area contributed by atoms with Crippen molar-refractivity contribution in [3.05, 3.63) is 24.0 Å². The van der Waals surface area contributed by atoms with Crippen LogP contribution in [0.15, 0.2) is 18.3 Å². The van der Waals surface area contributed by atoms with Crippen LogP contribution in [0.2, 0.25) is 0 Å². The van der Waals surface area contributed by atoms with Gasteiger partial charge in [-0.05, 0) is 38.9 Å². The molecule has 0 radical (unpaired) electrons. The lowest BCUT2D eigenvalue weighted by Crippen LogP contribution is -2.32. The lowest BCUT2D eigenvalue weighted by Gasteiger charge is -2.27. The van der Waals surface area contributed by atoms with Gasteiger partial charge in [-0.15, -0.1) is 0 Å². The molecule has 0 fully saturated rings. The standard InChI is InChI=1S/C14H25N3/c1-6-15-13-7-8-16-14(9-13)10-17(5)12(4)11(2)3/h7-9,11-12H,6,10H2,1-5H3,(H,15,16). The van der Waals surface area contributed by atoms with Gasteiger partial charge in [-0.2, -0.15) is 0 Å². The third-order valence-electron chi connectivity index (χ3n) is 3.27. The van der Waals surface area contributed by atoms with Crippen LogP contribution in [0.4, 0.5) is 5.69 Å². The summed E-state index contributed by atoms with van der Waals surface area (Å²) in [6.45, 7) is 10.7. The molecule has 0 aromatic carbocycles. The van der Waals surface area contributed by atoms with E-state index >= 15 is 0 Å². The summed E-state index contributed by atoms with van der Waals surface area (Å²) < 4.78 is 0. The Morgan fingerprint density at radius 2 is 2.06 bits per heavy atom. The molecule has 96 valence electrons. The Bertz CT molecular complexity index is 336. The average Bonchev–Trinajstić information content (AvgIpc) is 2.28. The number of aromatic nitrogens is 1. The van der Waals surface area contributed by atoms with Crippen LogP contribution in [-0.4, -0.2) is 29.5 Å². The summed E-state index contributed by atoms with van der Waals surface area (Å²) in [4.78, 5) is 6.77. The second-order valence-electron chi connectivity index (χ2n) is 4.97. The second kappa shape index (κ2) is 6.60. The summed E-state index contributed by atoms with van der Waals surface area (Å²) in [5.74, 6) is 0.664. The molecule has 0 aliphatic heterocycles. The molecule has 17 heavy (non-hydrogen) atoms. The van der Waals surface area contributed by atoms with Crippen molar-refractivity contribution >= 4 is 5.69 Å². The van der Waals surface area contributed by atoms with E-state index in [4.69, 9.17) is 0 Å². The van der Waals surface area contributed by atoms with E-state index < -0.39 is 0 Å². The highest BCUT2D eigenvalue weighted by Gasteiger charge is 2.13. The number of nitrogens with zero attached hydrogens (tertiary/aromatic N) is 2. The van der Waals surface area contributed by atoms with Gasteiger partial charge in [0.1, 0.15) is 0 Å². The van der Waals surface area contributed by atoms with Gasteiger partial charge in [0.05, 0.1) is 5.69 Å². The minimum atomic E-state index is 0.569. The molecule has 1 atom stereocenters. The number of anilines is 1. The summed E-state index contributed by atoms with van der Waals surface area (Å²) in [5.41, 5.74) is 2.28. The Morgan fingerprint density at radius 3 is 2.65 bits per heavy atom. The molecule has 0 spiro atoms. The van der Waals surface area contributed by atoms with Gasteiger partial charge in [-0.25, -0.2) is 0 Å². The minimum Gasteiger partial charge on any atom is -0.385 e. The van der Waals surface area contributed by atoms with Crippen LogP contribution in [0.3, 0.4) is 0 Å². The molecule has 3 nitrogen and oxygen atoms in total. The van der Waals surface area contributed by atoms with Crippen molar-refractivity contribution in [2.45, 2.75) is 40.3 Å². The first-order valence-electron chi connectivity index (χ1n) is 6.43. The van der Waals surface area contributed by atoms with Gasteiger partial charge in [0, 0.05) is 31.0 Å². The van der Waals surface area contributed by atoms with Crippen molar-refractivity contribution in [1.29, 1.82) is 0 Å². The quantitative estimate of drug-likeness (QED) is 0.821. The van der Waals surface area contributed by atoms with E-state index in [0.717, 1.165) is 24.5 Å². The predicted molar refractivity (Wildman–Crippen MR) is 74.2 cm³/mol. The maximum atomic E-state index is 4.42. The van der Waals surface area contributed by atoms with Crippen LogP contribution in [-0.2, 0) is 6.54 Å². The zero-order valence-corrected chi connectivity index (χ0v) is 11.7. The van der Waals surface area contributed by atoms with E-state index in [0.29, 0.717) is 12.0 Å². The lowest BCUT2D eigenvalue weighted by molar-refractivity contribution is 0.198. The van der Waals surface area contributed by atoms with Crippen LogP contribution >= 0.6 is 0 Å². The van der Waals surface area contributed by atoms with Crippen molar-refractivity contribution in [2.75, 3.05) is 18.9 Å². The molecule has 0 saturated carbocycles. The van der Waals surface area contributed by atoms with Crippen molar-refractivity contribution < 1.29 is 0 Å². The maximum absolute atomic E-state index is 4.42. The van der Waals surface area contributed by atoms with Crippen molar-refractivity contribution in [3.8, 4) is 0 Å². The molecule has 1 heterocycles. The first kappa shape index (κ1) is 14.0. The number of nitrogens with one attached hydrogen (secondary N) is 1.